The Morgan fingerprint density at radius 1 is 1.05 bits per heavy atom. The number of rotatable bonds is 3. The lowest BCUT2D eigenvalue weighted by atomic mass is 9.62. The molecule has 0 N–H and O–H groups in total. The Morgan fingerprint density at radius 2 is 1.79 bits per heavy atom. The molecule has 0 aromatic carbocycles. The van der Waals surface area contributed by atoms with Crippen molar-refractivity contribution in [1.29, 1.82) is 0 Å². The third kappa shape index (κ3) is 5.28. The van der Waals surface area contributed by atoms with Crippen LogP contribution < -0.4 is 4.90 Å². The molecule has 3 atom stereocenters. The second kappa shape index (κ2) is 10.7. The van der Waals surface area contributed by atoms with Gasteiger partial charge in [-0.1, -0.05) is 6.42 Å². The van der Waals surface area contributed by atoms with Gasteiger partial charge in [0, 0.05) is 44.9 Å². The number of Topliss-reactive ketones (excluding diaryl/α,β-unsaturated/α-hetero) is 2. The van der Waals surface area contributed by atoms with Crippen LogP contribution in [0.1, 0.15) is 76.7 Å². The fourth-order valence-electron chi connectivity index (χ4n) is 6.42. The Morgan fingerprint density at radius 3 is 2.54 bits per heavy atom. The van der Waals surface area contributed by atoms with E-state index >= 15 is 0 Å². The fraction of sp³-hybridized carbons (Fsp3) is 0.750. The minimum absolute atomic E-state index is 0.111. The van der Waals surface area contributed by atoms with Gasteiger partial charge in [0.05, 0.1) is 18.6 Å². The first-order valence-electron chi connectivity index (χ1n) is 14.1. The van der Waals surface area contributed by atoms with Crippen LogP contribution in [0.25, 0.3) is 0 Å². The van der Waals surface area contributed by atoms with E-state index in [0.29, 0.717) is 64.5 Å². The Balaban J connectivity index is 1.33. The lowest BCUT2D eigenvalue weighted by molar-refractivity contribution is -0.262. The maximum atomic E-state index is 14.0. The highest BCUT2D eigenvalue weighted by atomic mass is 16.7. The van der Waals surface area contributed by atoms with Crippen LogP contribution in [0.3, 0.4) is 0 Å². The van der Waals surface area contributed by atoms with Crippen molar-refractivity contribution < 1.29 is 33.3 Å². The van der Waals surface area contributed by atoms with Gasteiger partial charge in [-0.2, -0.15) is 0 Å². The molecule has 1 aliphatic carbocycles. The van der Waals surface area contributed by atoms with Gasteiger partial charge in [-0.25, -0.2) is 14.8 Å². The van der Waals surface area contributed by atoms with Gasteiger partial charge in [0.1, 0.15) is 11.3 Å². The monoisotopic (exact) mass is 544 g/mol. The van der Waals surface area contributed by atoms with Crippen LogP contribution in [0.5, 0.6) is 0 Å². The topological polar surface area (TPSA) is 120 Å². The quantitative estimate of drug-likeness (QED) is 0.414. The van der Waals surface area contributed by atoms with Gasteiger partial charge in [0.15, 0.2) is 17.7 Å². The van der Waals surface area contributed by atoms with Crippen molar-refractivity contribution in [3.05, 3.63) is 18.0 Å². The van der Waals surface area contributed by atoms with E-state index in [-0.39, 0.29) is 30.2 Å². The van der Waals surface area contributed by atoms with Crippen LogP contribution in [0.2, 0.25) is 0 Å². The standard InChI is InChI=1S/C28H40N4O7/c1-19-18-31(25(35)39-26(2,3)4)13-7-14-32(19)24-29-12-8-20(30-24)21(33)22-23(34)27(11-15-36-22)9-5-6-10-28(27)37-16-17-38-28/h8,12,19,22H,5-7,9-11,13-18H2,1-4H3/t19-,22?,27?/m0/s1. The van der Waals surface area contributed by atoms with Crippen molar-refractivity contribution in [1.82, 2.24) is 14.9 Å². The zero-order valence-corrected chi connectivity index (χ0v) is 23.4. The Kier molecular flexibility index (Phi) is 7.69. The molecule has 1 amide bonds. The summed E-state index contributed by atoms with van der Waals surface area (Å²) in [6, 6.07) is 1.42. The average molecular weight is 545 g/mol. The summed E-state index contributed by atoms with van der Waals surface area (Å²) in [5.41, 5.74) is -1.33. The first-order chi connectivity index (χ1) is 18.6. The molecule has 11 heteroatoms. The number of nitrogens with zero attached hydrogens (tertiary/aromatic N) is 4. The van der Waals surface area contributed by atoms with Crippen LogP contribution in [-0.4, -0.2) is 95.5 Å². The molecule has 3 saturated heterocycles. The van der Waals surface area contributed by atoms with Crippen molar-refractivity contribution in [2.24, 2.45) is 5.41 Å². The summed E-state index contributed by atoms with van der Waals surface area (Å²) in [5.74, 6) is -1.33. The van der Waals surface area contributed by atoms with Gasteiger partial charge in [-0.3, -0.25) is 9.59 Å². The number of ketones is 2. The summed E-state index contributed by atoms with van der Waals surface area (Å²) < 4.78 is 23.5. The Bertz CT molecular complexity index is 1100. The van der Waals surface area contributed by atoms with E-state index in [0.717, 1.165) is 12.8 Å². The second-order valence-electron chi connectivity index (χ2n) is 12.0. The van der Waals surface area contributed by atoms with Gasteiger partial charge in [-0.15, -0.1) is 0 Å². The zero-order valence-electron chi connectivity index (χ0n) is 23.4. The molecule has 0 radical (unpaired) electrons. The summed E-state index contributed by atoms with van der Waals surface area (Å²) >= 11 is 0. The van der Waals surface area contributed by atoms with Crippen molar-refractivity contribution in [2.75, 3.05) is 44.4 Å². The molecule has 4 aliphatic rings. The molecule has 4 fully saturated rings. The number of hydrogen-bond donors (Lipinski definition) is 0. The molecule has 11 nitrogen and oxygen atoms in total. The third-order valence-corrected chi connectivity index (χ3v) is 8.25. The highest BCUT2D eigenvalue weighted by Gasteiger charge is 2.64. The van der Waals surface area contributed by atoms with E-state index < -0.39 is 28.7 Å². The molecular weight excluding hydrogens is 504 g/mol. The van der Waals surface area contributed by atoms with E-state index in [1.165, 1.54) is 12.3 Å². The van der Waals surface area contributed by atoms with Crippen LogP contribution in [0, 0.1) is 5.41 Å². The Hall–Kier alpha value is -2.63. The van der Waals surface area contributed by atoms with Gasteiger partial charge < -0.3 is 28.7 Å². The summed E-state index contributed by atoms with van der Waals surface area (Å²) in [6.07, 6.45) is 4.16. The summed E-state index contributed by atoms with van der Waals surface area (Å²) in [5, 5.41) is 0. The summed E-state index contributed by atoms with van der Waals surface area (Å²) in [6.45, 7) is 10.3. The van der Waals surface area contributed by atoms with Crippen LogP contribution in [0.15, 0.2) is 12.3 Å². The van der Waals surface area contributed by atoms with Gasteiger partial charge in [0.2, 0.25) is 11.7 Å². The summed E-state index contributed by atoms with van der Waals surface area (Å²) in [7, 11) is 0. The number of amides is 1. The fourth-order valence-corrected chi connectivity index (χ4v) is 6.42. The van der Waals surface area contributed by atoms with E-state index in [9.17, 15) is 14.4 Å². The number of carbonyl (C=O) groups excluding carboxylic acids is 3. The highest BCUT2D eigenvalue weighted by molar-refractivity contribution is 6.14. The van der Waals surface area contributed by atoms with Gasteiger partial charge in [-0.05, 0) is 59.4 Å². The molecule has 0 bridgehead atoms. The lowest BCUT2D eigenvalue weighted by Gasteiger charge is -2.51. The van der Waals surface area contributed by atoms with Crippen molar-refractivity contribution in [2.45, 2.75) is 89.8 Å². The van der Waals surface area contributed by atoms with Gasteiger partial charge >= 0.3 is 6.09 Å². The molecular formula is C28H40N4O7. The predicted octanol–water partition coefficient (Wildman–Crippen LogP) is 3.16. The SMILES string of the molecule is C[C@H]1CN(C(=O)OC(C)(C)C)CCCN1c1nccc(C(=O)C2OCCC3(CCCCC34OCCO4)C2=O)n1. The lowest BCUT2D eigenvalue weighted by Crippen LogP contribution is -2.62. The predicted molar refractivity (Wildman–Crippen MR) is 140 cm³/mol. The number of fused-ring (bicyclic) bond motifs is 1. The molecule has 2 unspecified atom stereocenters. The minimum Gasteiger partial charge on any atom is -0.444 e. The third-order valence-electron chi connectivity index (χ3n) is 8.25. The van der Waals surface area contributed by atoms with Crippen LogP contribution in [-0.2, 0) is 23.7 Å². The van der Waals surface area contributed by atoms with Crippen molar-refractivity contribution in [3.63, 3.8) is 0 Å². The smallest absolute Gasteiger partial charge is 0.410 e. The minimum atomic E-state index is -1.26. The number of anilines is 1. The van der Waals surface area contributed by atoms with Crippen molar-refractivity contribution >= 4 is 23.6 Å². The van der Waals surface area contributed by atoms with Gasteiger partial charge in [0.25, 0.3) is 0 Å². The molecule has 1 saturated carbocycles. The average Bonchev–Trinajstić information content (AvgIpc) is 3.28. The second-order valence-corrected chi connectivity index (χ2v) is 12.0. The summed E-state index contributed by atoms with van der Waals surface area (Å²) in [4.78, 5) is 53.0. The van der Waals surface area contributed by atoms with Crippen LogP contribution >= 0.6 is 0 Å². The molecule has 1 aromatic heterocycles. The van der Waals surface area contributed by atoms with Crippen molar-refractivity contribution in [3.8, 4) is 0 Å². The number of ether oxygens (including phenoxy) is 4. The Labute approximate surface area is 229 Å². The normalized spacial score (nSPS) is 29.5. The van der Waals surface area contributed by atoms with E-state index in [1.807, 2.05) is 32.6 Å². The molecule has 1 aromatic rings. The number of carbonyl (C=O) groups is 3. The van der Waals surface area contributed by atoms with E-state index in [4.69, 9.17) is 18.9 Å². The number of hydrogen-bond acceptors (Lipinski definition) is 10. The molecule has 4 heterocycles. The highest BCUT2D eigenvalue weighted by Crippen LogP contribution is 2.54. The first kappa shape index (κ1) is 27.9. The van der Waals surface area contributed by atoms with E-state index in [2.05, 4.69) is 9.97 Å². The zero-order chi connectivity index (χ0) is 27.8. The largest absolute Gasteiger partial charge is 0.444 e. The first-order valence-corrected chi connectivity index (χ1v) is 14.1. The molecule has 39 heavy (non-hydrogen) atoms. The maximum absolute atomic E-state index is 14.0. The molecule has 3 aliphatic heterocycles. The molecule has 214 valence electrons. The molecule has 5 rings (SSSR count). The maximum Gasteiger partial charge on any atom is 0.410 e. The van der Waals surface area contributed by atoms with E-state index in [1.54, 1.807) is 4.90 Å². The van der Waals surface area contributed by atoms with Crippen LogP contribution in [0.4, 0.5) is 10.7 Å². The number of aromatic nitrogens is 2. The molecule has 2 spiro atoms.